The minimum absolute atomic E-state index is 0.382. The van der Waals surface area contributed by atoms with Gasteiger partial charge in [-0.15, -0.1) is 0 Å². The Labute approximate surface area is 94.3 Å². The monoisotopic (exact) mass is 214 g/mol. The molecule has 1 heterocycles. The van der Waals surface area contributed by atoms with Gasteiger partial charge in [0.25, 0.3) is 0 Å². The molecule has 0 atom stereocenters. The van der Waals surface area contributed by atoms with Crippen molar-refractivity contribution in [3.8, 4) is 0 Å². The average molecular weight is 214 g/mol. The third kappa shape index (κ3) is 1.89. The lowest BCUT2D eigenvalue weighted by atomic mass is 10.2. The Kier molecular flexibility index (Phi) is 2.86. The molecule has 0 spiro atoms. The summed E-state index contributed by atoms with van der Waals surface area (Å²) in [5.74, 6) is 0.894. The molecule has 0 radical (unpaired) electrons. The maximum atomic E-state index is 7.31. The van der Waals surface area contributed by atoms with Crippen LogP contribution in [0.3, 0.4) is 0 Å². The molecule has 2 aromatic rings. The Hall–Kier alpha value is -1.90. The van der Waals surface area contributed by atoms with Crippen molar-refractivity contribution in [2.24, 2.45) is 10.9 Å². The maximum absolute atomic E-state index is 7.31. The summed E-state index contributed by atoms with van der Waals surface area (Å²) in [6.07, 6.45) is 3.07. The van der Waals surface area contributed by atoms with Gasteiger partial charge in [0.1, 0.15) is 11.3 Å². The van der Waals surface area contributed by atoms with Crippen LogP contribution in [0.15, 0.2) is 33.7 Å². The second kappa shape index (κ2) is 4.31. The standard InChI is InChI=1S/C13H14N2O/c1-9(2)8-15-13-10-5-3-4-6-11(10)16-12(13)7-14/h3-9,14H,1-2H3/b14-7?,15-8-. The minimum Gasteiger partial charge on any atom is -0.453 e. The van der Waals surface area contributed by atoms with Gasteiger partial charge in [-0.05, 0) is 18.1 Å². The SMILES string of the molecule is CC(C)/C=N\c1c(C=N)oc2ccccc12. The molecule has 0 fully saturated rings. The van der Waals surface area contributed by atoms with Gasteiger partial charge >= 0.3 is 0 Å². The van der Waals surface area contributed by atoms with Gasteiger partial charge in [-0.1, -0.05) is 26.0 Å². The highest BCUT2D eigenvalue weighted by Crippen LogP contribution is 2.31. The number of para-hydroxylation sites is 1. The van der Waals surface area contributed by atoms with Crippen molar-refractivity contribution in [2.45, 2.75) is 13.8 Å². The molecular weight excluding hydrogens is 200 g/mol. The highest BCUT2D eigenvalue weighted by molar-refractivity contribution is 5.99. The summed E-state index contributed by atoms with van der Waals surface area (Å²) in [5, 5.41) is 8.27. The number of hydrogen-bond acceptors (Lipinski definition) is 3. The lowest BCUT2D eigenvalue weighted by molar-refractivity contribution is 0.608. The Morgan fingerprint density at radius 1 is 1.31 bits per heavy atom. The van der Waals surface area contributed by atoms with Gasteiger partial charge in [0, 0.05) is 11.6 Å². The number of fused-ring (bicyclic) bond motifs is 1. The van der Waals surface area contributed by atoms with Gasteiger partial charge in [0.15, 0.2) is 5.76 Å². The molecule has 0 aliphatic heterocycles. The smallest absolute Gasteiger partial charge is 0.171 e. The number of nitrogens with zero attached hydrogens (tertiary/aromatic N) is 1. The number of benzene rings is 1. The van der Waals surface area contributed by atoms with Crippen LogP contribution in [0.2, 0.25) is 0 Å². The van der Waals surface area contributed by atoms with Crippen LogP contribution in [0, 0.1) is 11.3 Å². The molecule has 3 nitrogen and oxygen atoms in total. The molecule has 2 rings (SSSR count). The van der Waals surface area contributed by atoms with Gasteiger partial charge < -0.3 is 9.83 Å². The van der Waals surface area contributed by atoms with Crippen molar-refractivity contribution in [3.63, 3.8) is 0 Å². The molecule has 1 N–H and O–H groups in total. The van der Waals surface area contributed by atoms with Crippen molar-refractivity contribution in [1.29, 1.82) is 5.41 Å². The van der Waals surface area contributed by atoms with Gasteiger partial charge in [-0.25, -0.2) is 0 Å². The van der Waals surface area contributed by atoms with E-state index < -0.39 is 0 Å². The lowest BCUT2D eigenvalue weighted by Gasteiger charge is -1.94. The second-order valence-corrected chi connectivity index (χ2v) is 3.98. The number of nitrogens with one attached hydrogen (secondary N) is 1. The Morgan fingerprint density at radius 2 is 2.06 bits per heavy atom. The zero-order valence-electron chi connectivity index (χ0n) is 9.40. The van der Waals surface area contributed by atoms with Gasteiger partial charge in [-0.3, -0.25) is 4.99 Å². The van der Waals surface area contributed by atoms with Crippen LogP contribution in [0.4, 0.5) is 5.69 Å². The van der Waals surface area contributed by atoms with Crippen LogP contribution in [0.5, 0.6) is 0 Å². The van der Waals surface area contributed by atoms with Crippen LogP contribution < -0.4 is 0 Å². The number of aliphatic imine (C=N–C) groups is 1. The molecule has 82 valence electrons. The van der Waals surface area contributed by atoms with Crippen molar-refractivity contribution < 1.29 is 4.42 Å². The Bertz CT molecular complexity index is 538. The first kappa shape index (κ1) is 10.6. The highest BCUT2D eigenvalue weighted by Gasteiger charge is 2.10. The summed E-state index contributed by atoms with van der Waals surface area (Å²) in [6, 6.07) is 7.70. The van der Waals surface area contributed by atoms with Crippen LogP contribution in [-0.2, 0) is 0 Å². The topological polar surface area (TPSA) is 49.4 Å². The molecule has 1 aromatic carbocycles. The summed E-state index contributed by atoms with van der Waals surface area (Å²) in [6.45, 7) is 4.13. The predicted molar refractivity (Wildman–Crippen MR) is 67.1 cm³/mol. The molecule has 0 bridgehead atoms. The molecule has 3 heteroatoms. The van der Waals surface area contributed by atoms with E-state index in [-0.39, 0.29) is 0 Å². The molecule has 0 unspecified atom stereocenters. The maximum Gasteiger partial charge on any atom is 0.171 e. The molecule has 0 saturated carbocycles. The van der Waals surface area contributed by atoms with Crippen molar-refractivity contribution in [1.82, 2.24) is 0 Å². The molecule has 1 aromatic heterocycles. The average Bonchev–Trinajstić information content (AvgIpc) is 2.64. The van der Waals surface area contributed by atoms with Crippen molar-refractivity contribution >= 4 is 29.1 Å². The van der Waals surface area contributed by atoms with E-state index in [1.54, 1.807) is 0 Å². The first-order valence-corrected chi connectivity index (χ1v) is 5.28. The zero-order chi connectivity index (χ0) is 11.5. The molecule has 0 aliphatic carbocycles. The van der Waals surface area contributed by atoms with E-state index in [2.05, 4.69) is 18.8 Å². The van der Waals surface area contributed by atoms with Gasteiger partial charge in [0.2, 0.25) is 0 Å². The number of rotatable bonds is 3. The molecule has 0 amide bonds. The molecule has 16 heavy (non-hydrogen) atoms. The van der Waals surface area contributed by atoms with Crippen LogP contribution in [0.1, 0.15) is 19.6 Å². The molecule has 0 saturated heterocycles. The van der Waals surface area contributed by atoms with E-state index >= 15 is 0 Å². The molecule has 0 aliphatic rings. The van der Waals surface area contributed by atoms with E-state index in [9.17, 15) is 0 Å². The number of furan rings is 1. The van der Waals surface area contributed by atoms with Gasteiger partial charge in [0.05, 0.1) is 6.21 Å². The Balaban J connectivity index is 2.60. The highest BCUT2D eigenvalue weighted by atomic mass is 16.3. The van der Waals surface area contributed by atoms with Crippen LogP contribution in [0.25, 0.3) is 11.0 Å². The van der Waals surface area contributed by atoms with Crippen molar-refractivity contribution in [2.75, 3.05) is 0 Å². The van der Waals surface area contributed by atoms with E-state index in [1.807, 2.05) is 30.5 Å². The molecular formula is C13H14N2O. The van der Waals surface area contributed by atoms with E-state index in [0.717, 1.165) is 16.7 Å². The van der Waals surface area contributed by atoms with E-state index in [4.69, 9.17) is 9.83 Å². The third-order valence-corrected chi connectivity index (χ3v) is 2.23. The number of hydrogen-bond donors (Lipinski definition) is 1. The predicted octanol–water partition coefficient (Wildman–Crippen LogP) is 3.79. The summed E-state index contributed by atoms with van der Waals surface area (Å²) in [7, 11) is 0. The van der Waals surface area contributed by atoms with Gasteiger partial charge in [-0.2, -0.15) is 0 Å². The summed E-state index contributed by atoms with van der Waals surface area (Å²) < 4.78 is 5.52. The zero-order valence-corrected chi connectivity index (χ0v) is 9.40. The fourth-order valence-electron chi connectivity index (χ4n) is 1.51. The third-order valence-electron chi connectivity index (χ3n) is 2.23. The quantitative estimate of drug-likeness (QED) is 0.776. The fourth-order valence-corrected chi connectivity index (χ4v) is 1.51. The van der Waals surface area contributed by atoms with E-state index in [0.29, 0.717) is 11.7 Å². The minimum atomic E-state index is 0.382. The lowest BCUT2D eigenvalue weighted by Crippen LogP contribution is -1.86. The van der Waals surface area contributed by atoms with E-state index in [1.165, 1.54) is 6.21 Å². The summed E-state index contributed by atoms with van der Waals surface area (Å²) in [5.41, 5.74) is 1.52. The Morgan fingerprint density at radius 3 is 2.75 bits per heavy atom. The van der Waals surface area contributed by atoms with Crippen LogP contribution in [-0.4, -0.2) is 12.4 Å². The largest absolute Gasteiger partial charge is 0.453 e. The fraction of sp³-hybridized carbons (Fsp3) is 0.231. The first-order chi connectivity index (χ1) is 7.72. The second-order valence-electron chi connectivity index (χ2n) is 3.98. The van der Waals surface area contributed by atoms with Crippen molar-refractivity contribution in [3.05, 3.63) is 30.0 Å². The normalized spacial score (nSPS) is 11.7. The summed E-state index contributed by atoms with van der Waals surface area (Å²) in [4.78, 5) is 4.39. The van der Waals surface area contributed by atoms with Crippen LogP contribution >= 0.6 is 0 Å². The summed E-state index contributed by atoms with van der Waals surface area (Å²) >= 11 is 0. The first-order valence-electron chi connectivity index (χ1n) is 5.28.